The first kappa shape index (κ1) is 20.0. The van der Waals surface area contributed by atoms with E-state index < -0.39 is 6.10 Å². The first-order valence-corrected chi connectivity index (χ1v) is 9.70. The van der Waals surface area contributed by atoms with E-state index in [1.54, 1.807) is 18.3 Å². The molecule has 0 saturated carbocycles. The van der Waals surface area contributed by atoms with Crippen LogP contribution in [0.25, 0.3) is 0 Å². The molecule has 148 valence electrons. The summed E-state index contributed by atoms with van der Waals surface area (Å²) in [5.41, 5.74) is 3.59. The third-order valence-corrected chi connectivity index (χ3v) is 4.90. The quantitative estimate of drug-likeness (QED) is 0.700. The second kappa shape index (κ2) is 7.34. The van der Waals surface area contributed by atoms with Gasteiger partial charge in [0.15, 0.2) is 11.9 Å². The van der Waals surface area contributed by atoms with Gasteiger partial charge in [0.05, 0.1) is 11.1 Å². The smallest absolute Gasteiger partial charge is 0.198 e. The first-order valence-electron chi connectivity index (χ1n) is 9.70. The van der Waals surface area contributed by atoms with Gasteiger partial charge in [0.1, 0.15) is 11.5 Å². The highest BCUT2D eigenvalue weighted by Crippen LogP contribution is 2.41. The van der Waals surface area contributed by atoms with E-state index in [0.717, 1.165) is 16.7 Å². The number of phenolic OH excluding ortho intramolecular Hbond substituents is 1. The molecule has 0 aliphatic carbocycles. The lowest BCUT2D eigenvalue weighted by atomic mass is 9.87. The highest BCUT2D eigenvalue weighted by Gasteiger charge is 2.34. The highest BCUT2D eigenvalue weighted by molar-refractivity contribution is 6.12. The predicted molar refractivity (Wildman–Crippen MR) is 112 cm³/mol. The van der Waals surface area contributed by atoms with Crippen molar-refractivity contribution in [3.05, 3.63) is 70.4 Å². The van der Waals surface area contributed by atoms with E-state index in [4.69, 9.17) is 4.74 Å². The van der Waals surface area contributed by atoms with E-state index in [1.165, 1.54) is 0 Å². The normalized spacial score (nSPS) is 18.2. The molecule has 1 atom stereocenters. The monoisotopic (exact) mass is 379 g/mol. The number of para-hydroxylation sites is 1. The summed E-state index contributed by atoms with van der Waals surface area (Å²) >= 11 is 0. The van der Waals surface area contributed by atoms with Gasteiger partial charge in [0.25, 0.3) is 0 Å². The Morgan fingerprint density at radius 1 is 1.18 bits per heavy atom. The molecule has 4 nitrogen and oxygen atoms in total. The summed E-state index contributed by atoms with van der Waals surface area (Å²) in [4.78, 5) is 13.3. The summed E-state index contributed by atoms with van der Waals surface area (Å²) in [6.07, 6.45) is 1.25. The van der Waals surface area contributed by atoms with Crippen LogP contribution < -0.4 is 10.1 Å². The van der Waals surface area contributed by atoms with Crippen LogP contribution in [-0.2, 0) is 0 Å². The number of carbonyl (C=O) groups is 1. The van der Waals surface area contributed by atoms with E-state index in [-0.39, 0.29) is 23.0 Å². The summed E-state index contributed by atoms with van der Waals surface area (Å²) in [7, 11) is 0. The second-order valence-electron chi connectivity index (χ2n) is 8.74. The van der Waals surface area contributed by atoms with Crippen molar-refractivity contribution in [3.63, 3.8) is 0 Å². The molecule has 1 aliphatic heterocycles. The molecular formula is C24H29NO3. The average Bonchev–Trinajstić information content (AvgIpc) is 2.60. The van der Waals surface area contributed by atoms with E-state index in [0.29, 0.717) is 16.9 Å². The number of Topliss-reactive ketones (excluding diaryl/α,β-unsaturated/α-hetero) is 1. The third-order valence-electron chi connectivity index (χ3n) is 4.90. The molecule has 3 rings (SSSR count). The maximum Gasteiger partial charge on any atom is 0.198 e. The topological polar surface area (TPSA) is 58.6 Å². The zero-order chi connectivity index (χ0) is 20.6. The Morgan fingerprint density at radius 3 is 2.50 bits per heavy atom. The Balaban J connectivity index is 2.17. The molecule has 1 unspecified atom stereocenters. The maximum absolute atomic E-state index is 13.3. The number of hydrogen-bond acceptors (Lipinski definition) is 4. The minimum atomic E-state index is -0.532. The Morgan fingerprint density at radius 2 is 1.86 bits per heavy atom. The number of ether oxygens (including phenoxy) is 1. The number of ketones is 1. The fraction of sp³-hybridized carbons (Fsp3) is 0.375. The minimum absolute atomic E-state index is 0.0397. The molecular weight excluding hydrogens is 350 g/mol. The van der Waals surface area contributed by atoms with E-state index in [9.17, 15) is 9.90 Å². The molecule has 0 radical (unpaired) electrons. The summed E-state index contributed by atoms with van der Waals surface area (Å²) in [5.74, 6) is 0.981. The fourth-order valence-electron chi connectivity index (χ4n) is 3.36. The van der Waals surface area contributed by atoms with Gasteiger partial charge in [-0.3, -0.25) is 4.79 Å². The average molecular weight is 380 g/mol. The Labute approximate surface area is 167 Å². The van der Waals surface area contributed by atoms with Crippen LogP contribution in [0.2, 0.25) is 0 Å². The van der Waals surface area contributed by atoms with Crippen LogP contribution in [-0.4, -0.2) is 16.4 Å². The molecule has 2 N–H and O–H groups in total. The number of fused-ring (bicyclic) bond motifs is 1. The van der Waals surface area contributed by atoms with Gasteiger partial charge in [-0.2, -0.15) is 0 Å². The number of benzene rings is 2. The molecule has 1 heterocycles. The molecule has 28 heavy (non-hydrogen) atoms. The van der Waals surface area contributed by atoms with Crippen LogP contribution in [0.1, 0.15) is 73.7 Å². The van der Waals surface area contributed by atoms with E-state index >= 15 is 0 Å². The van der Waals surface area contributed by atoms with Crippen LogP contribution in [0, 0.1) is 6.92 Å². The summed E-state index contributed by atoms with van der Waals surface area (Å²) < 4.78 is 6.31. The zero-order valence-corrected chi connectivity index (χ0v) is 17.5. The van der Waals surface area contributed by atoms with Crippen molar-refractivity contribution in [1.82, 2.24) is 5.32 Å². The van der Waals surface area contributed by atoms with Gasteiger partial charge in [0, 0.05) is 17.3 Å². The Kier molecular flexibility index (Phi) is 5.24. The van der Waals surface area contributed by atoms with Gasteiger partial charge >= 0.3 is 0 Å². The molecule has 1 aliphatic rings. The van der Waals surface area contributed by atoms with Gasteiger partial charge in [0.2, 0.25) is 0 Å². The van der Waals surface area contributed by atoms with Crippen LogP contribution in [0.4, 0.5) is 0 Å². The minimum Gasteiger partial charge on any atom is -0.508 e. The number of nitrogens with one attached hydrogen (secondary N) is 1. The van der Waals surface area contributed by atoms with Gasteiger partial charge < -0.3 is 15.2 Å². The third kappa shape index (κ3) is 3.91. The molecule has 0 saturated heterocycles. The zero-order valence-electron chi connectivity index (χ0n) is 17.5. The van der Waals surface area contributed by atoms with Gasteiger partial charge in [-0.15, -0.1) is 0 Å². The fourth-order valence-corrected chi connectivity index (χ4v) is 3.36. The van der Waals surface area contributed by atoms with Crippen molar-refractivity contribution in [3.8, 4) is 11.5 Å². The van der Waals surface area contributed by atoms with Crippen LogP contribution >= 0.6 is 0 Å². The van der Waals surface area contributed by atoms with Gasteiger partial charge in [-0.05, 0) is 69.0 Å². The van der Waals surface area contributed by atoms with Crippen molar-refractivity contribution in [2.45, 2.75) is 59.1 Å². The number of rotatable bonds is 3. The molecule has 0 aromatic heterocycles. The van der Waals surface area contributed by atoms with Crippen molar-refractivity contribution in [2.75, 3.05) is 0 Å². The van der Waals surface area contributed by atoms with Gasteiger partial charge in [-0.25, -0.2) is 0 Å². The lowest BCUT2D eigenvalue weighted by Gasteiger charge is -2.31. The van der Waals surface area contributed by atoms with Crippen LogP contribution in [0.15, 0.2) is 48.2 Å². The molecule has 0 bridgehead atoms. The van der Waals surface area contributed by atoms with Gasteiger partial charge in [-0.1, -0.05) is 26.0 Å². The van der Waals surface area contributed by atoms with Crippen LogP contribution in [0.3, 0.4) is 0 Å². The molecule has 0 amide bonds. The molecule has 0 fully saturated rings. The number of aromatic hydroxyl groups is 1. The van der Waals surface area contributed by atoms with Crippen molar-refractivity contribution in [1.29, 1.82) is 0 Å². The van der Waals surface area contributed by atoms with Crippen LogP contribution in [0.5, 0.6) is 11.5 Å². The Hall–Kier alpha value is -2.75. The Bertz CT molecular complexity index is 935. The van der Waals surface area contributed by atoms with E-state index in [2.05, 4.69) is 5.32 Å². The van der Waals surface area contributed by atoms with Crippen molar-refractivity contribution >= 4 is 5.78 Å². The predicted octanol–water partition coefficient (Wildman–Crippen LogP) is 5.41. The number of aryl methyl sites for hydroxylation is 1. The van der Waals surface area contributed by atoms with Crippen molar-refractivity contribution < 1.29 is 14.6 Å². The second-order valence-corrected chi connectivity index (χ2v) is 8.74. The summed E-state index contributed by atoms with van der Waals surface area (Å²) in [6, 6.07) is 11.1. The number of phenols is 1. The summed E-state index contributed by atoms with van der Waals surface area (Å²) in [6.45, 7) is 12.1. The number of carbonyl (C=O) groups excluding carboxylic acids is 1. The highest BCUT2D eigenvalue weighted by atomic mass is 16.5. The lowest BCUT2D eigenvalue weighted by molar-refractivity contribution is 0.0959. The maximum atomic E-state index is 13.3. The largest absolute Gasteiger partial charge is 0.508 e. The molecule has 2 aromatic rings. The standard InChI is InChI=1S/C24H29NO3/c1-14(2)17-12-18(15(3)11-20(17)26)23-19(13-25-24(4,5)6)22(27)16-9-7-8-10-21(16)28-23/h7-14,23,25-26H,1-6H3. The first-order chi connectivity index (χ1) is 13.1. The molecule has 4 heteroatoms. The SMILES string of the molecule is Cc1cc(O)c(C(C)C)cc1C1Oc2ccccc2C(=O)C1=CNC(C)(C)C. The molecule has 0 spiro atoms. The van der Waals surface area contributed by atoms with Crippen molar-refractivity contribution in [2.24, 2.45) is 0 Å². The lowest BCUT2D eigenvalue weighted by Crippen LogP contribution is -2.34. The van der Waals surface area contributed by atoms with E-state index in [1.807, 2.05) is 65.8 Å². The molecule has 2 aromatic carbocycles. The summed E-state index contributed by atoms with van der Waals surface area (Å²) in [5, 5.41) is 13.6. The number of hydrogen-bond donors (Lipinski definition) is 2.